The van der Waals surface area contributed by atoms with Crippen LogP contribution in [-0.2, 0) is 6.54 Å². The molecule has 2 rings (SSSR count). The van der Waals surface area contributed by atoms with Gasteiger partial charge in [-0.05, 0) is 0 Å². The third kappa shape index (κ3) is 2.82. The molecule has 0 radical (unpaired) electrons. The van der Waals surface area contributed by atoms with Crippen molar-refractivity contribution in [2.24, 2.45) is 0 Å². The average Bonchev–Trinajstić information content (AvgIpc) is 2.81. The number of hydrogen-bond acceptors (Lipinski definition) is 7. The van der Waals surface area contributed by atoms with Gasteiger partial charge in [-0.25, -0.2) is 4.98 Å². The van der Waals surface area contributed by atoms with Crippen LogP contribution in [0.2, 0.25) is 0 Å². The van der Waals surface area contributed by atoms with E-state index in [1.54, 1.807) is 18.4 Å². The Bertz CT molecular complexity index is 484. The molecule has 0 aliphatic rings. The van der Waals surface area contributed by atoms with Crippen molar-refractivity contribution in [3.8, 4) is 0 Å². The highest BCUT2D eigenvalue weighted by atomic mass is 32.1. The largest absolute Gasteiger partial charge is 0.373 e. The van der Waals surface area contributed by atoms with E-state index in [2.05, 4.69) is 20.3 Å². The number of nitrogens with two attached hydrogens (primary N) is 1. The van der Waals surface area contributed by atoms with Crippen LogP contribution in [0.4, 0.5) is 17.6 Å². The second-order valence-electron chi connectivity index (χ2n) is 3.56. The van der Waals surface area contributed by atoms with Crippen molar-refractivity contribution in [1.82, 2.24) is 15.0 Å². The van der Waals surface area contributed by atoms with E-state index >= 15 is 0 Å². The minimum absolute atomic E-state index is 0.261. The fraction of sp³-hybridized carbons (Fsp3) is 0.300. The molecule has 17 heavy (non-hydrogen) atoms. The molecular weight excluding hydrogens is 236 g/mol. The monoisotopic (exact) mass is 250 g/mol. The summed E-state index contributed by atoms with van der Waals surface area (Å²) in [5, 5.41) is 4.96. The molecule has 0 aliphatic carbocycles. The Labute approximate surface area is 104 Å². The Kier molecular flexibility index (Phi) is 3.38. The number of anilines is 3. The molecule has 2 aromatic rings. The number of thiazole rings is 1. The van der Waals surface area contributed by atoms with Crippen LogP contribution in [-0.4, -0.2) is 29.0 Å². The van der Waals surface area contributed by atoms with Crippen LogP contribution in [0.15, 0.2) is 17.0 Å². The highest BCUT2D eigenvalue weighted by Crippen LogP contribution is 2.17. The Hall–Kier alpha value is -1.89. The zero-order chi connectivity index (χ0) is 12.3. The van der Waals surface area contributed by atoms with Gasteiger partial charge < -0.3 is 16.0 Å². The molecule has 90 valence electrons. The lowest BCUT2D eigenvalue weighted by Crippen LogP contribution is -2.19. The molecule has 0 saturated carbocycles. The second kappa shape index (κ2) is 4.96. The predicted molar refractivity (Wildman–Crippen MR) is 70.2 cm³/mol. The number of aromatic nitrogens is 3. The Morgan fingerprint density at radius 3 is 2.94 bits per heavy atom. The zero-order valence-corrected chi connectivity index (χ0v) is 10.5. The highest BCUT2D eigenvalue weighted by molar-refractivity contribution is 7.07. The first-order valence-electron chi connectivity index (χ1n) is 5.09. The quantitative estimate of drug-likeness (QED) is 0.848. The molecule has 6 nitrogen and oxygen atoms in total. The van der Waals surface area contributed by atoms with E-state index in [-0.39, 0.29) is 5.95 Å². The second-order valence-corrected chi connectivity index (χ2v) is 4.27. The summed E-state index contributed by atoms with van der Waals surface area (Å²) in [6.07, 6.45) is 0. The van der Waals surface area contributed by atoms with Gasteiger partial charge in [-0.3, -0.25) is 0 Å². The van der Waals surface area contributed by atoms with E-state index < -0.39 is 0 Å². The maximum atomic E-state index is 5.64. The van der Waals surface area contributed by atoms with E-state index in [1.807, 2.05) is 28.9 Å². The summed E-state index contributed by atoms with van der Waals surface area (Å²) >= 11 is 1.58. The lowest BCUT2D eigenvalue weighted by atomic mass is 10.4. The van der Waals surface area contributed by atoms with Crippen LogP contribution in [0.1, 0.15) is 5.69 Å². The summed E-state index contributed by atoms with van der Waals surface area (Å²) in [4.78, 5) is 14.5. The Balaban J connectivity index is 2.18. The molecule has 0 atom stereocenters. The molecule has 3 N–H and O–H groups in total. The van der Waals surface area contributed by atoms with Crippen LogP contribution in [0.3, 0.4) is 0 Å². The summed E-state index contributed by atoms with van der Waals surface area (Å²) in [6.45, 7) is 0.698. The van der Waals surface area contributed by atoms with Gasteiger partial charge in [-0.1, -0.05) is 0 Å². The van der Waals surface area contributed by atoms with E-state index in [4.69, 9.17) is 5.73 Å². The summed E-state index contributed by atoms with van der Waals surface area (Å²) in [5.41, 5.74) is 8.47. The molecule has 2 heterocycles. The van der Waals surface area contributed by atoms with Gasteiger partial charge in [0.15, 0.2) is 0 Å². The molecule has 2 aromatic heterocycles. The van der Waals surface area contributed by atoms with Crippen molar-refractivity contribution in [2.45, 2.75) is 6.54 Å². The molecule has 0 amide bonds. The van der Waals surface area contributed by atoms with Crippen molar-refractivity contribution in [2.75, 3.05) is 30.0 Å². The van der Waals surface area contributed by atoms with Crippen molar-refractivity contribution in [3.05, 3.63) is 22.7 Å². The van der Waals surface area contributed by atoms with Crippen molar-refractivity contribution in [1.29, 1.82) is 0 Å². The first-order valence-corrected chi connectivity index (χ1v) is 6.04. The van der Waals surface area contributed by atoms with Gasteiger partial charge >= 0.3 is 0 Å². The van der Waals surface area contributed by atoms with Gasteiger partial charge in [0.1, 0.15) is 11.6 Å². The Morgan fingerprint density at radius 2 is 2.29 bits per heavy atom. The molecule has 7 heteroatoms. The van der Waals surface area contributed by atoms with Gasteiger partial charge in [0, 0.05) is 25.5 Å². The third-order valence-electron chi connectivity index (χ3n) is 2.26. The fourth-order valence-corrected chi connectivity index (χ4v) is 1.97. The SMILES string of the molecule is CNc1cc(N(C)Cc2cscn2)nc(N)n1. The molecule has 0 bridgehead atoms. The van der Waals surface area contributed by atoms with Gasteiger partial charge in [0.2, 0.25) is 5.95 Å². The van der Waals surface area contributed by atoms with Crippen LogP contribution < -0.4 is 16.0 Å². The topological polar surface area (TPSA) is 80.0 Å². The minimum Gasteiger partial charge on any atom is -0.373 e. The molecule has 0 fully saturated rings. The lowest BCUT2D eigenvalue weighted by Gasteiger charge is -2.17. The van der Waals surface area contributed by atoms with Crippen LogP contribution in [0.5, 0.6) is 0 Å². The summed E-state index contributed by atoms with van der Waals surface area (Å²) in [7, 11) is 3.74. The van der Waals surface area contributed by atoms with Gasteiger partial charge in [-0.2, -0.15) is 9.97 Å². The zero-order valence-electron chi connectivity index (χ0n) is 9.71. The summed E-state index contributed by atoms with van der Waals surface area (Å²) in [6, 6.07) is 1.85. The maximum Gasteiger partial charge on any atom is 0.223 e. The van der Waals surface area contributed by atoms with Crippen molar-refractivity contribution >= 4 is 28.9 Å². The molecule has 0 unspecified atom stereocenters. The first-order chi connectivity index (χ1) is 8.19. The maximum absolute atomic E-state index is 5.64. The van der Waals surface area contributed by atoms with E-state index in [1.165, 1.54) is 0 Å². The van der Waals surface area contributed by atoms with Crippen LogP contribution in [0.25, 0.3) is 0 Å². The van der Waals surface area contributed by atoms with Crippen LogP contribution in [0, 0.1) is 0 Å². The number of hydrogen-bond donors (Lipinski definition) is 2. The summed E-state index contributed by atoms with van der Waals surface area (Å²) in [5.74, 6) is 1.74. The van der Waals surface area contributed by atoms with Crippen molar-refractivity contribution < 1.29 is 0 Å². The highest BCUT2D eigenvalue weighted by Gasteiger charge is 2.07. The number of nitrogen functional groups attached to an aromatic ring is 1. The lowest BCUT2D eigenvalue weighted by molar-refractivity contribution is 0.871. The number of rotatable bonds is 4. The Morgan fingerprint density at radius 1 is 1.47 bits per heavy atom. The molecular formula is C10H14N6S. The van der Waals surface area contributed by atoms with Crippen LogP contribution >= 0.6 is 11.3 Å². The standard InChI is InChI=1S/C10H14N6S/c1-12-8-3-9(15-10(11)14-8)16(2)4-7-5-17-6-13-7/h3,5-6H,4H2,1-2H3,(H3,11,12,14,15). The van der Waals surface area contributed by atoms with E-state index in [9.17, 15) is 0 Å². The van der Waals surface area contributed by atoms with Gasteiger partial charge in [0.25, 0.3) is 0 Å². The number of nitrogens with one attached hydrogen (secondary N) is 1. The molecule has 0 saturated heterocycles. The first kappa shape index (κ1) is 11.6. The van der Waals surface area contributed by atoms with Crippen molar-refractivity contribution in [3.63, 3.8) is 0 Å². The minimum atomic E-state index is 0.261. The predicted octanol–water partition coefficient (Wildman–Crippen LogP) is 1.19. The van der Waals surface area contributed by atoms with Gasteiger partial charge in [0.05, 0.1) is 17.7 Å². The van der Waals surface area contributed by atoms with E-state index in [0.717, 1.165) is 11.5 Å². The molecule has 0 aliphatic heterocycles. The normalized spacial score (nSPS) is 10.2. The smallest absolute Gasteiger partial charge is 0.223 e. The average molecular weight is 250 g/mol. The summed E-state index contributed by atoms with van der Waals surface area (Å²) < 4.78 is 0. The molecule has 0 aromatic carbocycles. The molecule has 0 spiro atoms. The third-order valence-corrected chi connectivity index (χ3v) is 2.90. The fourth-order valence-electron chi connectivity index (χ4n) is 1.42. The van der Waals surface area contributed by atoms with Gasteiger partial charge in [-0.15, -0.1) is 11.3 Å². The number of nitrogens with zero attached hydrogens (tertiary/aromatic N) is 4. The van der Waals surface area contributed by atoms with E-state index in [0.29, 0.717) is 12.4 Å².